The zero-order valence-electron chi connectivity index (χ0n) is 9.26. The van der Waals surface area contributed by atoms with E-state index in [0.717, 1.165) is 32.4 Å². The fourth-order valence-electron chi connectivity index (χ4n) is 2.48. The van der Waals surface area contributed by atoms with E-state index in [1.54, 1.807) is 4.90 Å². The Morgan fingerprint density at radius 1 is 1.50 bits per heavy atom. The second-order valence-electron chi connectivity index (χ2n) is 4.44. The Morgan fingerprint density at radius 3 is 3.06 bits per heavy atom. The van der Waals surface area contributed by atoms with Crippen LogP contribution < -0.4 is 0 Å². The van der Waals surface area contributed by atoms with Crippen LogP contribution in [0.2, 0.25) is 0 Å². The quantitative estimate of drug-likeness (QED) is 0.404. The van der Waals surface area contributed by atoms with E-state index in [1.807, 2.05) is 0 Å². The lowest BCUT2D eigenvalue weighted by Gasteiger charge is -2.33. The number of likely N-dealkylation sites (tertiary alicyclic amines) is 1. The van der Waals surface area contributed by atoms with Gasteiger partial charge >= 0.3 is 0 Å². The molecule has 6 heteroatoms. The van der Waals surface area contributed by atoms with Crippen molar-refractivity contribution in [1.29, 1.82) is 0 Å². The molecule has 0 aliphatic carbocycles. The topological polar surface area (TPSA) is 78.3 Å². The molecule has 2 heterocycles. The lowest BCUT2D eigenvalue weighted by molar-refractivity contribution is -0.131. The molecule has 2 aliphatic heterocycles. The lowest BCUT2D eigenvalue weighted by atomic mass is 9.93. The summed E-state index contributed by atoms with van der Waals surface area (Å²) >= 11 is 0. The zero-order chi connectivity index (χ0) is 11.4. The van der Waals surface area contributed by atoms with E-state index in [-0.39, 0.29) is 18.1 Å². The van der Waals surface area contributed by atoms with E-state index >= 15 is 0 Å². The first-order chi connectivity index (χ1) is 7.76. The zero-order valence-corrected chi connectivity index (χ0v) is 9.26. The molecule has 1 spiro atoms. The highest BCUT2D eigenvalue weighted by Gasteiger charge is 2.41. The van der Waals surface area contributed by atoms with Crippen molar-refractivity contribution in [2.75, 3.05) is 26.2 Å². The first-order valence-electron chi connectivity index (χ1n) is 5.68. The van der Waals surface area contributed by atoms with Gasteiger partial charge in [0.2, 0.25) is 5.91 Å². The minimum atomic E-state index is -0.107. The monoisotopic (exact) mass is 224 g/mol. The van der Waals surface area contributed by atoms with Gasteiger partial charge < -0.3 is 9.64 Å². The molecule has 0 saturated carbocycles. The molecular weight excluding hydrogens is 208 g/mol. The fourth-order valence-corrected chi connectivity index (χ4v) is 2.48. The van der Waals surface area contributed by atoms with E-state index in [1.165, 1.54) is 6.42 Å². The van der Waals surface area contributed by atoms with Gasteiger partial charge in [0.15, 0.2) is 0 Å². The normalized spacial score (nSPS) is 29.1. The van der Waals surface area contributed by atoms with Crippen LogP contribution in [0.15, 0.2) is 5.11 Å². The fraction of sp³-hybridized carbons (Fsp3) is 0.900. The first kappa shape index (κ1) is 11.2. The Morgan fingerprint density at radius 2 is 2.38 bits per heavy atom. The third kappa shape index (κ3) is 2.28. The Kier molecular flexibility index (Phi) is 3.31. The van der Waals surface area contributed by atoms with Gasteiger partial charge in [0, 0.05) is 24.6 Å². The minimum Gasteiger partial charge on any atom is -0.373 e. The number of rotatable bonds is 2. The van der Waals surface area contributed by atoms with Crippen molar-refractivity contribution in [2.45, 2.75) is 31.3 Å². The highest BCUT2D eigenvalue weighted by Crippen LogP contribution is 2.33. The number of azide groups is 1. The molecule has 16 heavy (non-hydrogen) atoms. The van der Waals surface area contributed by atoms with Gasteiger partial charge in [-0.25, -0.2) is 0 Å². The Bertz CT molecular complexity index is 319. The van der Waals surface area contributed by atoms with Gasteiger partial charge in [-0.15, -0.1) is 0 Å². The number of amides is 1. The van der Waals surface area contributed by atoms with Crippen molar-refractivity contribution in [2.24, 2.45) is 5.11 Å². The molecule has 2 rings (SSSR count). The molecule has 6 nitrogen and oxygen atoms in total. The summed E-state index contributed by atoms with van der Waals surface area (Å²) in [5.74, 6) is -0.0937. The molecule has 0 radical (unpaired) electrons. The lowest BCUT2D eigenvalue weighted by Crippen LogP contribution is -2.41. The SMILES string of the molecule is [N-]=[N+]=NCC(=O)N1CC[C@]2(CCCCO2)C1. The van der Waals surface area contributed by atoms with E-state index in [2.05, 4.69) is 10.0 Å². The van der Waals surface area contributed by atoms with Crippen LogP contribution in [-0.2, 0) is 9.53 Å². The summed E-state index contributed by atoms with van der Waals surface area (Å²) in [5.41, 5.74) is 8.06. The highest BCUT2D eigenvalue weighted by molar-refractivity contribution is 5.78. The van der Waals surface area contributed by atoms with E-state index < -0.39 is 0 Å². The molecule has 0 aromatic heterocycles. The second kappa shape index (κ2) is 4.72. The van der Waals surface area contributed by atoms with Gasteiger partial charge in [0.25, 0.3) is 0 Å². The molecular formula is C10H16N4O2. The van der Waals surface area contributed by atoms with Gasteiger partial charge in [0.05, 0.1) is 5.60 Å². The largest absolute Gasteiger partial charge is 0.373 e. The summed E-state index contributed by atoms with van der Waals surface area (Å²) in [6.07, 6.45) is 4.25. The number of hydrogen-bond acceptors (Lipinski definition) is 3. The molecule has 0 aromatic carbocycles. The van der Waals surface area contributed by atoms with Crippen molar-refractivity contribution < 1.29 is 9.53 Å². The molecule has 2 fully saturated rings. The molecule has 0 N–H and O–H groups in total. The van der Waals surface area contributed by atoms with Crippen LogP contribution in [0.4, 0.5) is 0 Å². The molecule has 1 atom stereocenters. The van der Waals surface area contributed by atoms with Crippen LogP contribution >= 0.6 is 0 Å². The average molecular weight is 224 g/mol. The maximum Gasteiger partial charge on any atom is 0.228 e. The molecule has 0 aromatic rings. The van der Waals surface area contributed by atoms with Crippen LogP contribution in [0.3, 0.4) is 0 Å². The van der Waals surface area contributed by atoms with Gasteiger partial charge in [-0.1, -0.05) is 5.11 Å². The van der Waals surface area contributed by atoms with Crippen molar-refractivity contribution in [1.82, 2.24) is 4.90 Å². The number of carbonyl (C=O) groups is 1. The van der Waals surface area contributed by atoms with E-state index in [4.69, 9.17) is 10.3 Å². The summed E-state index contributed by atoms with van der Waals surface area (Å²) in [7, 11) is 0. The van der Waals surface area contributed by atoms with E-state index in [9.17, 15) is 4.79 Å². The van der Waals surface area contributed by atoms with E-state index in [0.29, 0.717) is 6.54 Å². The average Bonchev–Trinajstić information content (AvgIpc) is 2.71. The molecule has 1 amide bonds. The number of hydrogen-bond donors (Lipinski definition) is 0. The minimum absolute atomic E-state index is 0.0768. The standard InChI is InChI=1S/C10H16N4O2/c11-13-12-7-9(15)14-5-4-10(8-14)3-1-2-6-16-10/h1-8H2/t10-/m1/s1. The van der Waals surface area contributed by atoms with Crippen LogP contribution in [-0.4, -0.2) is 42.6 Å². The second-order valence-corrected chi connectivity index (χ2v) is 4.44. The van der Waals surface area contributed by atoms with Gasteiger partial charge in [-0.2, -0.15) is 0 Å². The van der Waals surface area contributed by atoms with Crippen molar-refractivity contribution in [3.63, 3.8) is 0 Å². The summed E-state index contributed by atoms with van der Waals surface area (Å²) in [6.45, 7) is 2.11. The Balaban J connectivity index is 1.91. The van der Waals surface area contributed by atoms with Crippen molar-refractivity contribution >= 4 is 5.91 Å². The first-order valence-corrected chi connectivity index (χ1v) is 5.68. The van der Waals surface area contributed by atoms with Gasteiger partial charge in [0.1, 0.15) is 6.54 Å². The van der Waals surface area contributed by atoms with Crippen LogP contribution in [0.1, 0.15) is 25.7 Å². The summed E-state index contributed by atoms with van der Waals surface area (Å²) in [6, 6.07) is 0. The van der Waals surface area contributed by atoms with Crippen LogP contribution in [0.25, 0.3) is 10.4 Å². The molecule has 2 saturated heterocycles. The smallest absolute Gasteiger partial charge is 0.228 e. The predicted octanol–water partition coefficient (Wildman–Crippen LogP) is 1.47. The number of nitrogens with zero attached hydrogens (tertiary/aromatic N) is 4. The molecule has 0 bridgehead atoms. The van der Waals surface area contributed by atoms with Crippen molar-refractivity contribution in [3.05, 3.63) is 10.4 Å². The Labute approximate surface area is 94.2 Å². The number of ether oxygens (including phenoxy) is 1. The van der Waals surface area contributed by atoms with Gasteiger partial charge in [-0.3, -0.25) is 4.79 Å². The molecule has 2 aliphatic rings. The third-order valence-corrected chi connectivity index (χ3v) is 3.37. The Hall–Kier alpha value is -1.26. The predicted molar refractivity (Wildman–Crippen MR) is 57.7 cm³/mol. The maximum atomic E-state index is 11.6. The molecule has 88 valence electrons. The van der Waals surface area contributed by atoms with Crippen LogP contribution in [0.5, 0.6) is 0 Å². The maximum absolute atomic E-state index is 11.6. The molecule has 0 unspecified atom stereocenters. The van der Waals surface area contributed by atoms with Crippen LogP contribution in [0, 0.1) is 0 Å². The van der Waals surface area contributed by atoms with Crippen molar-refractivity contribution in [3.8, 4) is 0 Å². The third-order valence-electron chi connectivity index (χ3n) is 3.37. The summed E-state index contributed by atoms with van der Waals surface area (Å²) in [4.78, 5) is 16.0. The highest BCUT2D eigenvalue weighted by atomic mass is 16.5. The summed E-state index contributed by atoms with van der Waals surface area (Å²) < 4.78 is 5.81. The van der Waals surface area contributed by atoms with Gasteiger partial charge in [-0.05, 0) is 31.2 Å². The number of carbonyl (C=O) groups excluding carboxylic acids is 1. The summed E-state index contributed by atoms with van der Waals surface area (Å²) in [5, 5.41) is 3.30.